The molecule has 0 radical (unpaired) electrons. The maximum Gasteiger partial charge on any atom is 0.335 e. The van der Waals surface area contributed by atoms with Crippen molar-refractivity contribution in [1.82, 2.24) is 0 Å². The molecule has 2 aromatic carbocycles. The lowest BCUT2D eigenvalue weighted by atomic mass is 10.2. The van der Waals surface area contributed by atoms with E-state index in [0.29, 0.717) is 23.0 Å². The maximum absolute atomic E-state index is 10.9. The molecule has 0 aliphatic carbocycles. The Kier molecular flexibility index (Phi) is 5.68. The molecule has 6 nitrogen and oxygen atoms in total. The smallest absolute Gasteiger partial charge is 0.335 e. The van der Waals surface area contributed by atoms with Crippen LogP contribution in [-0.4, -0.2) is 38.5 Å². The molecule has 0 spiro atoms. The minimum Gasteiger partial charge on any atom is -0.493 e. The highest BCUT2D eigenvalue weighted by molar-refractivity contribution is 5.87. The van der Waals surface area contributed by atoms with Crippen molar-refractivity contribution in [3.63, 3.8) is 0 Å². The summed E-state index contributed by atoms with van der Waals surface area (Å²) in [5, 5.41) is 8.94. The Morgan fingerprint density at radius 1 is 0.957 bits per heavy atom. The number of rotatable bonds is 8. The van der Waals surface area contributed by atoms with E-state index in [0.717, 1.165) is 0 Å². The van der Waals surface area contributed by atoms with Gasteiger partial charge in [0.15, 0.2) is 11.5 Å². The summed E-state index contributed by atoms with van der Waals surface area (Å²) >= 11 is 0. The van der Waals surface area contributed by atoms with Crippen LogP contribution in [0.15, 0.2) is 42.5 Å². The number of hydrogen-bond donors (Lipinski definition) is 1. The summed E-state index contributed by atoms with van der Waals surface area (Å²) in [6.45, 7) is 0.512. The number of ether oxygens (including phenoxy) is 4. The molecule has 23 heavy (non-hydrogen) atoms. The second-order valence-electron chi connectivity index (χ2n) is 4.52. The van der Waals surface area contributed by atoms with Gasteiger partial charge in [0.05, 0.1) is 19.8 Å². The Balaban J connectivity index is 1.93. The Morgan fingerprint density at radius 2 is 1.57 bits per heavy atom. The molecular weight excluding hydrogens is 300 g/mol. The van der Waals surface area contributed by atoms with Gasteiger partial charge in [-0.3, -0.25) is 0 Å². The van der Waals surface area contributed by atoms with E-state index in [1.54, 1.807) is 44.6 Å². The molecule has 0 bridgehead atoms. The number of aromatic carboxylic acids is 1. The second kappa shape index (κ2) is 7.93. The van der Waals surface area contributed by atoms with Gasteiger partial charge in [0, 0.05) is 0 Å². The van der Waals surface area contributed by atoms with Crippen molar-refractivity contribution < 1.29 is 28.8 Å². The van der Waals surface area contributed by atoms with Gasteiger partial charge in [-0.05, 0) is 30.3 Å². The Bertz CT molecular complexity index is 646. The largest absolute Gasteiger partial charge is 0.493 e. The predicted octanol–water partition coefficient (Wildman–Crippen LogP) is 2.86. The normalized spacial score (nSPS) is 10.0. The van der Waals surface area contributed by atoms with Crippen LogP contribution in [0.1, 0.15) is 10.4 Å². The first-order valence-corrected chi connectivity index (χ1v) is 6.95. The molecule has 2 aromatic rings. The first-order chi connectivity index (χ1) is 11.2. The molecule has 122 valence electrons. The number of carbonyl (C=O) groups is 1. The van der Waals surface area contributed by atoms with Crippen LogP contribution in [0, 0.1) is 0 Å². The van der Waals surface area contributed by atoms with E-state index in [1.165, 1.54) is 12.1 Å². The SMILES string of the molecule is COc1cccc(OC)c1OCCOc1cccc(C(=O)O)c1. The number of hydrogen-bond acceptors (Lipinski definition) is 5. The second-order valence-corrected chi connectivity index (χ2v) is 4.52. The monoisotopic (exact) mass is 318 g/mol. The summed E-state index contributed by atoms with van der Waals surface area (Å²) in [7, 11) is 3.10. The average Bonchev–Trinajstić information content (AvgIpc) is 2.58. The highest BCUT2D eigenvalue weighted by Crippen LogP contribution is 2.36. The lowest BCUT2D eigenvalue weighted by molar-refractivity contribution is 0.0696. The van der Waals surface area contributed by atoms with Crippen LogP contribution in [0.25, 0.3) is 0 Å². The third kappa shape index (κ3) is 4.29. The molecular formula is C17H18O6. The first kappa shape index (κ1) is 16.5. The van der Waals surface area contributed by atoms with E-state index in [-0.39, 0.29) is 18.8 Å². The van der Waals surface area contributed by atoms with E-state index in [1.807, 2.05) is 0 Å². The lowest BCUT2D eigenvalue weighted by Crippen LogP contribution is -2.10. The van der Waals surface area contributed by atoms with Gasteiger partial charge in [-0.2, -0.15) is 0 Å². The zero-order valence-electron chi connectivity index (χ0n) is 12.9. The van der Waals surface area contributed by atoms with Crippen LogP contribution >= 0.6 is 0 Å². The number of para-hydroxylation sites is 1. The summed E-state index contributed by atoms with van der Waals surface area (Å²) in [4.78, 5) is 10.9. The highest BCUT2D eigenvalue weighted by atomic mass is 16.6. The molecule has 0 aromatic heterocycles. The quantitative estimate of drug-likeness (QED) is 0.754. The summed E-state index contributed by atoms with van der Waals surface area (Å²) in [6, 6.07) is 11.6. The van der Waals surface area contributed by atoms with E-state index in [4.69, 9.17) is 24.1 Å². The van der Waals surface area contributed by atoms with Crippen molar-refractivity contribution >= 4 is 5.97 Å². The third-order valence-corrected chi connectivity index (χ3v) is 3.06. The summed E-state index contributed by atoms with van der Waals surface area (Å²) in [5.74, 6) is 1.11. The average molecular weight is 318 g/mol. The van der Waals surface area contributed by atoms with Gasteiger partial charge < -0.3 is 24.1 Å². The molecule has 0 unspecified atom stereocenters. The summed E-state index contributed by atoms with van der Waals surface area (Å²) < 4.78 is 21.6. The van der Waals surface area contributed by atoms with Gasteiger partial charge in [-0.15, -0.1) is 0 Å². The summed E-state index contributed by atoms with van der Waals surface area (Å²) in [6.07, 6.45) is 0. The van der Waals surface area contributed by atoms with Crippen LogP contribution < -0.4 is 18.9 Å². The van der Waals surface area contributed by atoms with Crippen molar-refractivity contribution in [2.45, 2.75) is 0 Å². The third-order valence-electron chi connectivity index (χ3n) is 3.06. The molecule has 2 rings (SSSR count). The standard InChI is InChI=1S/C17H18O6/c1-20-14-7-4-8-15(21-2)16(14)23-10-9-22-13-6-3-5-12(11-13)17(18)19/h3-8,11H,9-10H2,1-2H3,(H,18,19). The van der Waals surface area contributed by atoms with Gasteiger partial charge in [-0.1, -0.05) is 12.1 Å². The van der Waals surface area contributed by atoms with Crippen molar-refractivity contribution in [3.8, 4) is 23.0 Å². The van der Waals surface area contributed by atoms with E-state index >= 15 is 0 Å². The van der Waals surface area contributed by atoms with E-state index < -0.39 is 5.97 Å². The van der Waals surface area contributed by atoms with Crippen LogP contribution in [0.3, 0.4) is 0 Å². The van der Waals surface area contributed by atoms with Crippen LogP contribution in [0.5, 0.6) is 23.0 Å². The summed E-state index contributed by atoms with van der Waals surface area (Å²) in [5.41, 5.74) is 0.176. The van der Waals surface area contributed by atoms with E-state index in [9.17, 15) is 4.79 Å². The Morgan fingerprint density at radius 3 is 2.17 bits per heavy atom. The number of carboxylic acids is 1. The van der Waals surface area contributed by atoms with Crippen LogP contribution in [-0.2, 0) is 0 Å². The van der Waals surface area contributed by atoms with Gasteiger partial charge in [0.25, 0.3) is 0 Å². The first-order valence-electron chi connectivity index (χ1n) is 6.95. The van der Waals surface area contributed by atoms with Gasteiger partial charge in [-0.25, -0.2) is 4.79 Å². The molecule has 6 heteroatoms. The minimum atomic E-state index is -0.995. The predicted molar refractivity (Wildman–Crippen MR) is 83.9 cm³/mol. The molecule has 0 saturated heterocycles. The topological polar surface area (TPSA) is 74.2 Å². The molecule has 0 atom stereocenters. The zero-order valence-corrected chi connectivity index (χ0v) is 12.9. The lowest BCUT2D eigenvalue weighted by Gasteiger charge is -2.14. The Hall–Kier alpha value is -2.89. The molecule has 0 saturated carbocycles. The number of methoxy groups -OCH3 is 2. The Labute approximate surface area is 134 Å². The number of benzene rings is 2. The fourth-order valence-electron chi connectivity index (χ4n) is 1.98. The van der Waals surface area contributed by atoms with Gasteiger partial charge in [0.1, 0.15) is 19.0 Å². The zero-order chi connectivity index (χ0) is 16.7. The van der Waals surface area contributed by atoms with Crippen molar-refractivity contribution in [2.75, 3.05) is 27.4 Å². The molecule has 1 N–H and O–H groups in total. The molecule has 0 amide bonds. The van der Waals surface area contributed by atoms with Gasteiger partial charge in [0.2, 0.25) is 5.75 Å². The molecule has 0 heterocycles. The molecule has 0 aliphatic rings. The fraction of sp³-hybridized carbons (Fsp3) is 0.235. The van der Waals surface area contributed by atoms with E-state index in [2.05, 4.69) is 0 Å². The number of carboxylic acid groups (broad SMARTS) is 1. The maximum atomic E-state index is 10.9. The van der Waals surface area contributed by atoms with Crippen LogP contribution in [0.2, 0.25) is 0 Å². The van der Waals surface area contributed by atoms with Crippen LogP contribution in [0.4, 0.5) is 0 Å². The highest BCUT2D eigenvalue weighted by Gasteiger charge is 2.11. The molecule has 0 aliphatic heterocycles. The van der Waals surface area contributed by atoms with Crippen molar-refractivity contribution in [3.05, 3.63) is 48.0 Å². The van der Waals surface area contributed by atoms with Gasteiger partial charge >= 0.3 is 5.97 Å². The van der Waals surface area contributed by atoms with Crippen molar-refractivity contribution in [2.24, 2.45) is 0 Å². The van der Waals surface area contributed by atoms with Crippen molar-refractivity contribution in [1.29, 1.82) is 0 Å². The molecule has 0 fully saturated rings. The minimum absolute atomic E-state index is 0.176. The fourth-order valence-corrected chi connectivity index (χ4v) is 1.98.